The Morgan fingerprint density at radius 3 is 2.24 bits per heavy atom. The normalized spacial score (nSPS) is 14.3. The number of hydrogen-bond donors (Lipinski definition) is 2. The molecule has 2 aromatic heterocycles. The number of rotatable bonds is 5. The van der Waals surface area contributed by atoms with Gasteiger partial charge in [0, 0.05) is 16.7 Å². The summed E-state index contributed by atoms with van der Waals surface area (Å²) in [5, 5.41) is 0. The first-order chi connectivity index (χ1) is 15.6. The molecule has 2 N–H and O–H groups in total. The van der Waals surface area contributed by atoms with E-state index in [1.165, 1.54) is 41.9 Å². The Labute approximate surface area is 186 Å². The number of nitrogens with zero attached hydrogens (tertiary/aromatic N) is 2. The molecule has 4 aromatic rings. The van der Waals surface area contributed by atoms with Crippen LogP contribution in [-0.4, -0.2) is 21.1 Å². The van der Waals surface area contributed by atoms with Gasteiger partial charge in [0.05, 0.1) is 23.0 Å². The summed E-state index contributed by atoms with van der Waals surface area (Å²) in [6.07, 6.45) is -8.03. The first-order valence-corrected chi connectivity index (χ1v) is 10.1. The van der Waals surface area contributed by atoms with Crippen molar-refractivity contribution in [2.24, 2.45) is 0 Å². The molecule has 12 heteroatoms. The summed E-state index contributed by atoms with van der Waals surface area (Å²) >= 11 is 0.102. The lowest BCUT2D eigenvalue weighted by Gasteiger charge is -2.37. The van der Waals surface area contributed by atoms with Gasteiger partial charge in [0.25, 0.3) is 0 Å². The van der Waals surface area contributed by atoms with Crippen molar-refractivity contribution in [2.75, 3.05) is 5.54 Å². The van der Waals surface area contributed by atoms with Crippen molar-refractivity contribution in [1.29, 1.82) is 0 Å². The molecule has 0 bridgehead atoms. The molecular formula is C21H13F7N4S. The number of aromatic amines is 1. The van der Waals surface area contributed by atoms with E-state index in [1.807, 2.05) is 0 Å². The molecule has 0 saturated carbocycles. The Balaban J connectivity index is 2.08. The smallest absolute Gasteiger partial charge is 0.345 e. The van der Waals surface area contributed by atoms with Gasteiger partial charge in [-0.25, -0.2) is 10.5 Å². The molecule has 4 nitrogen and oxygen atoms in total. The summed E-state index contributed by atoms with van der Waals surface area (Å²) in [6, 6.07) is 10.6. The maximum Gasteiger partial charge on any atom is 0.433 e. The SMILES string of the molecule is FNc1ccc2[nH]cnc2c1C(Sc1ccnc(C(F)(F)F)c1)(c1ccccc1)C(F)(F)F. The molecule has 33 heavy (non-hydrogen) atoms. The summed E-state index contributed by atoms with van der Waals surface area (Å²) in [5.41, 5.74) is -1.48. The van der Waals surface area contributed by atoms with Crippen LogP contribution >= 0.6 is 11.8 Å². The second-order valence-corrected chi connectivity index (χ2v) is 8.19. The van der Waals surface area contributed by atoms with Gasteiger partial charge < -0.3 is 4.98 Å². The molecule has 0 radical (unpaired) electrons. The van der Waals surface area contributed by atoms with Crippen LogP contribution in [0.5, 0.6) is 0 Å². The number of thioether (sulfide) groups is 1. The van der Waals surface area contributed by atoms with Gasteiger partial charge >= 0.3 is 12.4 Å². The molecule has 0 aliphatic carbocycles. The first kappa shape index (κ1) is 22.9. The lowest BCUT2D eigenvalue weighted by atomic mass is 9.87. The number of pyridine rings is 1. The van der Waals surface area contributed by atoms with Gasteiger partial charge in [0.2, 0.25) is 0 Å². The number of benzene rings is 2. The van der Waals surface area contributed by atoms with Crippen LogP contribution < -0.4 is 5.54 Å². The molecule has 2 aromatic carbocycles. The summed E-state index contributed by atoms with van der Waals surface area (Å²) < 4.78 is 95.6. The van der Waals surface area contributed by atoms with E-state index in [0.29, 0.717) is 6.07 Å². The standard InChI is InChI=1S/C21H13F7N4S/c22-20(23,24)16-10-13(8-9-29-16)33-19(21(25,26)27,12-4-2-1-3-5-12)17-14(32-28)6-7-15-18(17)31-11-30-15/h1-11,32H,(H,30,31). The Morgan fingerprint density at radius 2 is 1.61 bits per heavy atom. The molecule has 1 atom stereocenters. The molecule has 0 fully saturated rings. The average molecular weight is 486 g/mol. The number of hydrogen-bond acceptors (Lipinski definition) is 4. The molecular weight excluding hydrogens is 473 g/mol. The van der Waals surface area contributed by atoms with Crippen molar-refractivity contribution in [3.8, 4) is 0 Å². The van der Waals surface area contributed by atoms with Gasteiger partial charge in [0.15, 0.2) is 4.75 Å². The van der Waals surface area contributed by atoms with E-state index in [-0.39, 0.29) is 33.3 Å². The maximum absolute atomic E-state index is 15.1. The largest absolute Gasteiger partial charge is 0.433 e. The van der Waals surface area contributed by atoms with E-state index in [4.69, 9.17) is 0 Å². The molecule has 0 amide bonds. The van der Waals surface area contributed by atoms with Crippen LogP contribution in [0.3, 0.4) is 0 Å². The highest BCUT2D eigenvalue weighted by molar-refractivity contribution is 8.00. The molecule has 0 spiro atoms. The van der Waals surface area contributed by atoms with Crippen LogP contribution in [0.4, 0.5) is 36.5 Å². The van der Waals surface area contributed by atoms with E-state index in [1.54, 1.807) is 0 Å². The summed E-state index contributed by atoms with van der Waals surface area (Å²) in [6.45, 7) is 0. The second kappa shape index (κ2) is 8.25. The third kappa shape index (κ3) is 3.99. The minimum absolute atomic E-state index is 0.102. The van der Waals surface area contributed by atoms with Crippen molar-refractivity contribution in [2.45, 2.75) is 22.0 Å². The highest BCUT2D eigenvalue weighted by Gasteiger charge is 2.60. The lowest BCUT2D eigenvalue weighted by molar-refractivity contribution is -0.151. The topological polar surface area (TPSA) is 53.6 Å². The van der Waals surface area contributed by atoms with E-state index in [2.05, 4.69) is 15.0 Å². The first-order valence-electron chi connectivity index (χ1n) is 9.25. The number of anilines is 1. The van der Waals surface area contributed by atoms with Crippen molar-refractivity contribution in [1.82, 2.24) is 15.0 Å². The number of aromatic nitrogens is 3. The lowest BCUT2D eigenvalue weighted by Crippen LogP contribution is -2.41. The molecule has 4 rings (SSSR count). The van der Waals surface area contributed by atoms with Gasteiger partial charge in [-0.1, -0.05) is 42.1 Å². The zero-order valence-corrected chi connectivity index (χ0v) is 17.1. The minimum atomic E-state index is -5.10. The fraction of sp³-hybridized carbons (Fsp3) is 0.143. The average Bonchev–Trinajstić information content (AvgIpc) is 3.25. The second-order valence-electron chi connectivity index (χ2n) is 6.90. The summed E-state index contributed by atoms with van der Waals surface area (Å²) in [5.74, 6) is 0. The predicted molar refractivity (Wildman–Crippen MR) is 109 cm³/mol. The van der Waals surface area contributed by atoms with Crippen LogP contribution in [0.1, 0.15) is 16.8 Å². The molecule has 172 valence electrons. The fourth-order valence-corrected chi connectivity index (χ4v) is 4.87. The van der Waals surface area contributed by atoms with Gasteiger partial charge in [-0.15, -0.1) is 4.48 Å². The van der Waals surface area contributed by atoms with Gasteiger partial charge in [-0.05, 0) is 29.8 Å². The Hall–Kier alpha value is -3.28. The van der Waals surface area contributed by atoms with Crippen LogP contribution in [-0.2, 0) is 10.9 Å². The van der Waals surface area contributed by atoms with Crippen LogP contribution in [0.15, 0.2) is 72.0 Å². The number of H-pyrrole nitrogens is 1. The predicted octanol–water partition coefficient (Wildman–Crippen LogP) is 6.87. The van der Waals surface area contributed by atoms with E-state index < -0.39 is 34.0 Å². The fourth-order valence-electron chi connectivity index (χ4n) is 3.54. The number of alkyl halides is 6. The highest BCUT2D eigenvalue weighted by atomic mass is 32.2. The number of nitrogens with one attached hydrogen (secondary N) is 2. The van der Waals surface area contributed by atoms with Crippen molar-refractivity contribution < 1.29 is 30.8 Å². The Kier molecular flexibility index (Phi) is 5.72. The van der Waals surface area contributed by atoms with Gasteiger partial charge in [-0.3, -0.25) is 4.98 Å². The van der Waals surface area contributed by atoms with Gasteiger partial charge in [0.1, 0.15) is 5.69 Å². The summed E-state index contributed by atoms with van der Waals surface area (Å²) in [7, 11) is 0. The Morgan fingerprint density at radius 1 is 0.879 bits per heavy atom. The molecule has 0 aliphatic rings. The summed E-state index contributed by atoms with van der Waals surface area (Å²) in [4.78, 5) is 9.49. The van der Waals surface area contributed by atoms with Crippen molar-refractivity contribution in [3.63, 3.8) is 0 Å². The quantitative estimate of drug-likeness (QED) is 0.184. The van der Waals surface area contributed by atoms with Crippen molar-refractivity contribution in [3.05, 3.63) is 83.9 Å². The number of halogens is 7. The zero-order chi connectivity index (χ0) is 23.9. The third-order valence-electron chi connectivity index (χ3n) is 4.92. The van der Waals surface area contributed by atoms with Crippen LogP contribution in [0.25, 0.3) is 11.0 Å². The minimum Gasteiger partial charge on any atom is -0.345 e. The molecule has 0 saturated heterocycles. The highest BCUT2D eigenvalue weighted by Crippen LogP contribution is 2.59. The van der Waals surface area contributed by atoms with Crippen LogP contribution in [0, 0.1) is 0 Å². The third-order valence-corrected chi connectivity index (χ3v) is 6.38. The Bertz CT molecular complexity index is 1270. The zero-order valence-electron chi connectivity index (χ0n) is 16.3. The van der Waals surface area contributed by atoms with Crippen LogP contribution in [0.2, 0.25) is 0 Å². The number of imidazole rings is 1. The molecule has 1 unspecified atom stereocenters. The van der Waals surface area contributed by atoms with E-state index >= 15 is 13.2 Å². The maximum atomic E-state index is 15.1. The van der Waals surface area contributed by atoms with Crippen molar-refractivity contribution >= 4 is 28.5 Å². The van der Waals surface area contributed by atoms with Gasteiger partial charge in [-0.2, -0.15) is 26.3 Å². The molecule has 2 heterocycles. The number of fused-ring (bicyclic) bond motifs is 1. The van der Waals surface area contributed by atoms with E-state index in [9.17, 15) is 17.7 Å². The molecule has 0 aliphatic heterocycles. The van der Waals surface area contributed by atoms with E-state index in [0.717, 1.165) is 24.7 Å². The monoisotopic (exact) mass is 486 g/mol.